The fourth-order valence-electron chi connectivity index (χ4n) is 5.19. The predicted molar refractivity (Wildman–Crippen MR) is 169 cm³/mol. The van der Waals surface area contributed by atoms with Crippen molar-refractivity contribution < 1.29 is 31.5 Å². The van der Waals surface area contributed by atoms with Crippen LogP contribution in [0.2, 0.25) is 0 Å². The summed E-state index contributed by atoms with van der Waals surface area (Å²) < 4.78 is 72.4. The fourth-order valence-corrected chi connectivity index (χ4v) is 5.19. The number of rotatable bonds is 9. The molecule has 6 aromatic rings. The molecule has 0 spiro atoms. The average molecular weight is 680 g/mol. The van der Waals surface area contributed by atoms with Crippen LogP contribution in [0.25, 0.3) is 34.0 Å². The van der Waals surface area contributed by atoms with Crippen molar-refractivity contribution in [2.75, 3.05) is 41.8 Å². The summed E-state index contributed by atoms with van der Waals surface area (Å²) in [6.07, 6.45) is 2.18. The number of aromatic amines is 1. The zero-order valence-corrected chi connectivity index (χ0v) is 25.3. The second kappa shape index (κ2) is 12.9. The van der Waals surface area contributed by atoms with Crippen molar-refractivity contribution in [1.29, 1.82) is 0 Å². The van der Waals surface area contributed by atoms with Crippen LogP contribution < -0.4 is 15.5 Å². The Kier molecular flexibility index (Phi) is 8.37. The summed E-state index contributed by atoms with van der Waals surface area (Å²) in [6.45, 7) is -0.459. The van der Waals surface area contributed by atoms with Crippen LogP contribution in [0, 0.1) is 0 Å². The summed E-state index contributed by atoms with van der Waals surface area (Å²) >= 11 is 0. The summed E-state index contributed by atoms with van der Waals surface area (Å²) in [4.78, 5) is 36.2. The number of anilines is 3. The molecule has 49 heavy (non-hydrogen) atoms. The average Bonchev–Trinajstić information content (AvgIpc) is 3.85. The van der Waals surface area contributed by atoms with Gasteiger partial charge >= 0.3 is 12.7 Å². The summed E-state index contributed by atoms with van der Waals surface area (Å²) in [5, 5.41) is 9.71. The first kappa shape index (κ1) is 31.7. The number of ether oxygens (including phenoxy) is 1. The minimum absolute atomic E-state index is 0.205. The number of aromatic nitrogens is 8. The first-order valence-electron chi connectivity index (χ1n) is 14.9. The van der Waals surface area contributed by atoms with E-state index < -0.39 is 24.2 Å². The largest absolute Gasteiger partial charge is 0.416 e. The van der Waals surface area contributed by atoms with E-state index in [9.17, 15) is 26.7 Å². The molecule has 0 radical (unpaired) electrons. The molecule has 2 aromatic carbocycles. The second-order valence-electron chi connectivity index (χ2n) is 10.9. The smallest absolute Gasteiger partial charge is 0.378 e. The summed E-state index contributed by atoms with van der Waals surface area (Å²) in [5.74, 6) is 0.901. The number of carbonyl (C=O) groups is 1. The minimum Gasteiger partial charge on any atom is -0.378 e. The van der Waals surface area contributed by atoms with E-state index in [0.29, 0.717) is 87.7 Å². The number of carbonyl (C=O) groups excluding carboxylic acids is 1. The number of hydrogen-bond donors (Lipinski definition) is 3. The SMILES string of the molecule is O=C(/C=C/c1ccc(C(F)(F)F)cc1)Nc1ccc2[nH]c(CNc3nc(N4CCOCC4)nc4c3ncn4-c3cnn(C(F)F)c3)nc2c1. The number of fused-ring (bicyclic) bond motifs is 2. The molecule has 252 valence electrons. The van der Waals surface area contributed by atoms with E-state index in [2.05, 4.69) is 30.7 Å². The number of halogens is 5. The molecule has 1 aliphatic heterocycles. The maximum Gasteiger partial charge on any atom is 0.416 e. The van der Waals surface area contributed by atoms with E-state index in [1.165, 1.54) is 43.0 Å². The Balaban J connectivity index is 1.08. The van der Waals surface area contributed by atoms with Crippen LogP contribution in [0.15, 0.2) is 67.3 Å². The number of amides is 1. The quantitative estimate of drug-likeness (QED) is 0.135. The van der Waals surface area contributed by atoms with Crippen molar-refractivity contribution in [2.45, 2.75) is 19.3 Å². The third kappa shape index (κ3) is 6.89. The summed E-state index contributed by atoms with van der Waals surface area (Å²) in [5.41, 5.74) is 2.58. The van der Waals surface area contributed by atoms with E-state index in [1.807, 2.05) is 4.90 Å². The van der Waals surface area contributed by atoms with E-state index in [1.54, 1.807) is 22.8 Å². The van der Waals surface area contributed by atoms with Gasteiger partial charge in [0.1, 0.15) is 12.2 Å². The van der Waals surface area contributed by atoms with E-state index in [0.717, 1.165) is 12.1 Å². The Labute approximate surface area is 273 Å². The van der Waals surface area contributed by atoms with Gasteiger partial charge in [-0.05, 0) is 42.0 Å². The van der Waals surface area contributed by atoms with Gasteiger partial charge in [0, 0.05) is 24.9 Å². The number of nitrogens with zero attached hydrogens (tertiary/aromatic N) is 8. The standard InChI is InChI=1S/C31H26F5N11O2/c32-29(33)47-16-21(14-39-47)46-17-38-26-27(43-30(44-28(26)46)45-9-11-49-12-10-45)37-15-24-41-22-7-6-20(13-23(22)42-24)40-25(48)8-3-18-1-4-19(5-2-18)31(34,35)36/h1-8,13-14,16-17,29H,9-12,15H2,(H,40,48)(H,41,42)(H,37,43,44)/b8-3+. The van der Waals surface area contributed by atoms with Gasteiger partial charge in [-0.2, -0.15) is 37.0 Å². The van der Waals surface area contributed by atoms with Crippen molar-refractivity contribution in [3.8, 4) is 5.69 Å². The zero-order chi connectivity index (χ0) is 34.1. The molecule has 1 aliphatic rings. The maximum absolute atomic E-state index is 13.2. The topological polar surface area (TPSA) is 144 Å². The zero-order valence-electron chi connectivity index (χ0n) is 25.3. The molecule has 18 heteroatoms. The van der Waals surface area contributed by atoms with Crippen LogP contribution >= 0.6 is 0 Å². The van der Waals surface area contributed by atoms with Gasteiger partial charge in [-0.25, -0.2) is 14.6 Å². The van der Waals surface area contributed by atoms with Gasteiger partial charge in [0.2, 0.25) is 11.9 Å². The fraction of sp³-hybridized carbons (Fsp3) is 0.226. The summed E-state index contributed by atoms with van der Waals surface area (Å²) in [6, 6.07) is 9.59. The van der Waals surface area contributed by atoms with Gasteiger partial charge in [-0.1, -0.05) is 12.1 Å². The van der Waals surface area contributed by atoms with E-state index in [-0.39, 0.29) is 6.54 Å². The molecular weight excluding hydrogens is 653 g/mol. The monoisotopic (exact) mass is 679 g/mol. The van der Waals surface area contributed by atoms with Gasteiger partial charge in [0.15, 0.2) is 17.0 Å². The van der Waals surface area contributed by atoms with Crippen molar-refractivity contribution >= 4 is 51.6 Å². The van der Waals surface area contributed by atoms with Crippen LogP contribution in [-0.4, -0.2) is 71.5 Å². The van der Waals surface area contributed by atoms with Crippen molar-refractivity contribution in [3.63, 3.8) is 0 Å². The molecule has 1 saturated heterocycles. The number of hydrogen-bond acceptors (Lipinski definition) is 9. The first-order chi connectivity index (χ1) is 23.6. The Bertz CT molecular complexity index is 2150. The summed E-state index contributed by atoms with van der Waals surface area (Å²) in [7, 11) is 0. The highest BCUT2D eigenvalue weighted by Crippen LogP contribution is 2.30. The van der Waals surface area contributed by atoms with Gasteiger partial charge in [-0.15, -0.1) is 0 Å². The van der Waals surface area contributed by atoms with Crippen LogP contribution in [0.5, 0.6) is 0 Å². The Morgan fingerprint density at radius 1 is 1.06 bits per heavy atom. The number of imidazole rings is 2. The molecule has 0 saturated carbocycles. The van der Waals surface area contributed by atoms with Crippen molar-refractivity contribution in [3.05, 3.63) is 84.2 Å². The lowest BCUT2D eigenvalue weighted by Crippen LogP contribution is -2.37. The first-order valence-corrected chi connectivity index (χ1v) is 14.9. The molecule has 0 aliphatic carbocycles. The van der Waals surface area contributed by atoms with E-state index in [4.69, 9.17) is 14.7 Å². The van der Waals surface area contributed by atoms with Gasteiger partial charge in [0.25, 0.3) is 0 Å². The molecule has 5 heterocycles. The highest BCUT2D eigenvalue weighted by atomic mass is 19.4. The lowest BCUT2D eigenvalue weighted by Gasteiger charge is -2.27. The van der Waals surface area contributed by atoms with Crippen molar-refractivity contribution in [2.24, 2.45) is 0 Å². The third-order valence-electron chi connectivity index (χ3n) is 7.63. The molecular formula is C31H26F5N11O2. The second-order valence-corrected chi connectivity index (χ2v) is 10.9. The molecule has 0 atom stereocenters. The Morgan fingerprint density at radius 3 is 2.59 bits per heavy atom. The minimum atomic E-state index is -4.44. The Hall–Kier alpha value is -5.91. The van der Waals surface area contributed by atoms with Crippen LogP contribution in [0.1, 0.15) is 23.5 Å². The number of benzene rings is 2. The molecule has 3 N–H and O–H groups in total. The number of H-pyrrole nitrogens is 1. The number of alkyl halides is 5. The predicted octanol–water partition coefficient (Wildman–Crippen LogP) is 5.40. The number of nitrogens with one attached hydrogen (secondary N) is 3. The van der Waals surface area contributed by atoms with Gasteiger partial charge in [0.05, 0.1) is 54.4 Å². The van der Waals surface area contributed by atoms with E-state index >= 15 is 0 Å². The molecule has 13 nitrogen and oxygen atoms in total. The van der Waals surface area contributed by atoms with Crippen molar-refractivity contribution in [1.82, 2.24) is 39.3 Å². The third-order valence-corrected chi connectivity index (χ3v) is 7.63. The van der Waals surface area contributed by atoms with Crippen LogP contribution in [-0.2, 0) is 22.3 Å². The maximum atomic E-state index is 13.2. The normalized spacial score (nSPS) is 14.0. The van der Waals surface area contributed by atoms with Gasteiger partial charge in [-0.3, -0.25) is 9.36 Å². The number of morpholine rings is 1. The molecule has 7 rings (SSSR count). The molecule has 1 fully saturated rings. The van der Waals surface area contributed by atoms with Crippen LogP contribution in [0.4, 0.5) is 39.4 Å². The lowest BCUT2D eigenvalue weighted by atomic mass is 10.1. The highest BCUT2D eigenvalue weighted by Gasteiger charge is 2.29. The molecule has 1 amide bonds. The Morgan fingerprint density at radius 2 is 1.86 bits per heavy atom. The molecule has 0 bridgehead atoms. The van der Waals surface area contributed by atoms with Crippen LogP contribution in [0.3, 0.4) is 0 Å². The molecule has 4 aromatic heterocycles. The van der Waals surface area contributed by atoms with Gasteiger partial charge < -0.3 is 25.3 Å². The molecule has 0 unspecified atom stereocenters. The highest BCUT2D eigenvalue weighted by molar-refractivity contribution is 6.02. The lowest BCUT2D eigenvalue weighted by molar-refractivity contribution is -0.137.